The predicted molar refractivity (Wildman–Crippen MR) is 122 cm³/mol. The molecule has 31 heavy (non-hydrogen) atoms. The Hall–Kier alpha value is -2.70. The zero-order valence-corrected chi connectivity index (χ0v) is 18.4. The van der Waals surface area contributed by atoms with Gasteiger partial charge in [0.15, 0.2) is 5.78 Å². The summed E-state index contributed by atoms with van der Waals surface area (Å²) in [5.41, 5.74) is 8.17. The minimum absolute atomic E-state index is 0.0555. The molecule has 1 aliphatic heterocycles. The molecule has 1 atom stereocenters. The highest BCUT2D eigenvalue weighted by Crippen LogP contribution is 2.20. The number of carbonyl (C=O) groups is 2. The first-order chi connectivity index (χ1) is 14.9. The number of rotatable bonds is 11. The zero-order valence-electron chi connectivity index (χ0n) is 18.4. The SMILES string of the molecule is CC(C)COc1cc(CNCC2CCNC2)cc(CC(=O)c2cccc(C(N)=O)c2)c1. The van der Waals surface area contributed by atoms with Gasteiger partial charge >= 0.3 is 0 Å². The third-order valence-electron chi connectivity index (χ3n) is 5.37. The van der Waals surface area contributed by atoms with Gasteiger partial charge in [-0.3, -0.25) is 9.59 Å². The Kier molecular flexibility index (Phi) is 8.20. The maximum absolute atomic E-state index is 12.9. The van der Waals surface area contributed by atoms with Gasteiger partial charge in [0, 0.05) is 24.1 Å². The second-order valence-electron chi connectivity index (χ2n) is 8.72. The van der Waals surface area contributed by atoms with E-state index in [1.54, 1.807) is 24.3 Å². The van der Waals surface area contributed by atoms with Crippen LogP contribution in [0.1, 0.15) is 52.1 Å². The van der Waals surface area contributed by atoms with E-state index in [0.717, 1.165) is 43.1 Å². The van der Waals surface area contributed by atoms with E-state index >= 15 is 0 Å². The zero-order chi connectivity index (χ0) is 22.2. The lowest BCUT2D eigenvalue weighted by Gasteiger charge is -2.14. The van der Waals surface area contributed by atoms with Gasteiger partial charge < -0.3 is 21.1 Å². The molecule has 1 heterocycles. The number of nitrogens with one attached hydrogen (secondary N) is 2. The first-order valence-corrected chi connectivity index (χ1v) is 11.0. The maximum Gasteiger partial charge on any atom is 0.248 e. The van der Waals surface area contributed by atoms with Crippen LogP contribution < -0.4 is 21.1 Å². The van der Waals surface area contributed by atoms with E-state index in [1.165, 1.54) is 6.42 Å². The summed E-state index contributed by atoms with van der Waals surface area (Å²) in [5, 5.41) is 6.92. The van der Waals surface area contributed by atoms with Crippen molar-refractivity contribution in [2.45, 2.75) is 33.2 Å². The number of hydrogen-bond donors (Lipinski definition) is 3. The van der Waals surface area contributed by atoms with Crippen LogP contribution in [0.4, 0.5) is 0 Å². The van der Waals surface area contributed by atoms with Crippen molar-refractivity contribution in [3.63, 3.8) is 0 Å². The number of amides is 1. The van der Waals surface area contributed by atoms with Gasteiger partial charge in [0.25, 0.3) is 0 Å². The summed E-state index contributed by atoms with van der Waals surface area (Å²) in [5.74, 6) is 1.27. The molecule has 4 N–H and O–H groups in total. The van der Waals surface area contributed by atoms with Gasteiger partial charge in [-0.2, -0.15) is 0 Å². The van der Waals surface area contributed by atoms with Crippen LogP contribution in [-0.4, -0.2) is 37.9 Å². The Morgan fingerprint density at radius 1 is 1.16 bits per heavy atom. The Morgan fingerprint density at radius 3 is 2.65 bits per heavy atom. The van der Waals surface area contributed by atoms with Crippen molar-refractivity contribution in [3.05, 3.63) is 64.7 Å². The fourth-order valence-electron chi connectivity index (χ4n) is 3.72. The van der Waals surface area contributed by atoms with Gasteiger partial charge in [0.05, 0.1) is 6.61 Å². The molecule has 2 aromatic rings. The first kappa shape index (κ1) is 23.0. The van der Waals surface area contributed by atoms with E-state index in [2.05, 4.69) is 30.5 Å². The summed E-state index contributed by atoms with van der Waals surface area (Å²) in [6, 6.07) is 12.6. The average Bonchev–Trinajstić information content (AvgIpc) is 3.26. The highest BCUT2D eigenvalue weighted by Gasteiger charge is 2.15. The standard InChI is InChI=1S/C25H33N3O3/c1-17(2)16-31-23-9-19(8-20(10-23)15-28-14-18-6-7-27-13-18)11-24(29)21-4-3-5-22(12-21)25(26)30/h3-5,8-10,12,17-18,27-28H,6-7,11,13-16H2,1-2H3,(H2,26,30). The molecule has 1 saturated heterocycles. The molecule has 3 rings (SSSR count). The average molecular weight is 424 g/mol. The number of nitrogens with two attached hydrogens (primary N) is 1. The Morgan fingerprint density at radius 2 is 1.94 bits per heavy atom. The number of ether oxygens (including phenoxy) is 1. The van der Waals surface area contributed by atoms with Crippen molar-refractivity contribution >= 4 is 11.7 Å². The highest BCUT2D eigenvalue weighted by molar-refractivity contribution is 6.01. The molecule has 0 aromatic heterocycles. The van der Waals surface area contributed by atoms with Crippen molar-refractivity contribution in [2.24, 2.45) is 17.6 Å². The molecule has 6 heteroatoms. The predicted octanol–water partition coefficient (Wildman–Crippen LogP) is 2.94. The number of ketones is 1. The number of benzene rings is 2. The molecule has 1 unspecified atom stereocenters. The minimum Gasteiger partial charge on any atom is -0.493 e. The van der Waals surface area contributed by atoms with Crippen LogP contribution in [0, 0.1) is 11.8 Å². The van der Waals surface area contributed by atoms with Crippen LogP contribution in [0.3, 0.4) is 0 Å². The summed E-state index contributed by atoms with van der Waals surface area (Å²) >= 11 is 0. The lowest BCUT2D eigenvalue weighted by Crippen LogP contribution is -2.24. The second kappa shape index (κ2) is 11.1. The van der Waals surface area contributed by atoms with Crippen LogP contribution in [-0.2, 0) is 13.0 Å². The van der Waals surface area contributed by atoms with Crippen LogP contribution >= 0.6 is 0 Å². The first-order valence-electron chi connectivity index (χ1n) is 11.0. The minimum atomic E-state index is -0.537. The molecule has 0 saturated carbocycles. The largest absolute Gasteiger partial charge is 0.493 e. The highest BCUT2D eigenvalue weighted by atomic mass is 16.5. The molecule has 6 nitrogen and oxygen atoms in total. The molecular formula is C25H33N3O3. The molecule has 0 aliphatic carbocycles. The van der Waals surface area contributed by atoms with Gasteiger partial charge in [-0.05, 0) is 73.3 Å². The number of carbonyl (C=O) groups excluding carboxylic acids is 2. The van der Waals surface area contributed by atoms with Crippen molar-refractivity contribution in [3.8, 4) is 5.75 Å². The van der Waals surface area contributed by atoms with E-state index in [0.29, 0.717) is 29.6 Å². The van der Waals surface area contributed by atoms with E-state index in [9.17, 15) is 9.59 Å². The third-order valence-corrected chi connectivity index (χ3v) is 5.37. The molecule has 166 valence electrons. The van der Waals surface area contributed by atoms with Crippen molar-refractivity contribution in [2.75, 3.05) is 26.2 Å². The summed E-state index contributed by atoms with van der Waals surface area (Å²) < 4.78 is 5.96. The number of hydrogen-bond acceptors (Lipinski definition) is 5. The molecule has 1 amide bonds. The molecule has 1 fully saturated rings. The van der Waals surface area contributed by atoms with Crippen LogP contribution in [0.5, 0.6) is 5.75 Å². The van der Waals surface area contributed by atoms with Crippen LogP contribution in [0.25, 0.3) is 0 Å². The fraction of sp³-hybridized carbons (Fsp3) is 0.440. The lowest BCUT2D eigenvalue weighted by molar-refractivity contribution is 0.0992. The molecule has 0 spiro atoms. The quantitative estimate of drug-likeness (QED) is 0.483. The number of Topliss-reactive ketones (excluding diaryl/α,β-unsaturated/α-hetero) is 1. The lowest BCUT2D eigenvalue weighted by atomic mass is 9.99. The van der Waals surface area contributed by atoms with Crippen molar-refractivity contribution in [1.29, 1.82) is 0 Å². The van der Waals surface area contributed by atoms with Crippen molar-refractivity contribution < 1.29 is 14.3 Å². The molecule has 2 aromatic carbocycles. The number of primary amides is 1. The Labute approximate surface area is 184 Å². The van der Waals surface area contributed by atoms with Gasteiger partial charge in [0.2, 0.25) is 5.91 Å². The van der Waals surface area contributed by atoms with Crippen molar-refractivity contribution in [1.82, 2.24) is 10.6 Å². The van der Waals surface area contributed by atoms with E-state index in [4.69, 9.17) is 10.5 Å². The molecular weight excluding hydrogens is 390 g/mol. The Bertz CT molecular complexity index is 905. The fourth-order valence-corrected chi connectivity index (χ4v) is 3.72. The van der Waals surface area contributed by atoms with Gasteiger partial charge in [-0.15, -0.1) is 0 Å². The van der Waals surface area contributed by atoms with E-state index < -0.39 is 5.91 Å². The smallest absolute Gasteiger partial charge is 0.248 e. The van der Waals surface area contributed by atoms with Crippen LogP contribution in [0.15, 0.2) is 42.5 Å². The monoisotopic (exact) mass is 423 g/mol. The molecule has 1 aliphatic rings. The third kappa shape index (κ3) is 7.19. The summed E-state index contributed by atoms with van der Waals surface area (Å²) in [4.78, 5) is 24.3. The summed E-state index contributed by atoms with van der Waals surface area (Å²) in [7, 11) is 0. The Balaban J connectivity index is 1.71. The second-order valence-corrected chi connectivity index (χ2v) is 8.72. The van der Waals surface area contributed by atoms with E-state index in [1.807, 2.05) is 12.1 Å². The van der Waals surface area contributed by atoms with Gasteiger partial charge in [0.1, 0.15) is 5.75 Å². The maximum atomic E-state index is 12.9. The normalized spacial score (nSPS) is 15.9. The van der Waals surface area contributed by atoms with E-state index in [-0.39, 0.29) is 12.2 Å². The molecule has 0 bridgehead atoms. The summed E-state index contributed by atoms with van der Waals surface area (Å²) in [6.45, 7) is 8.70. The molecule has 0 radical (unpaired) electrons. The topological polar surface area (TPSA) is 93.4 Å². The van der Waals surface area contributed by atoms with Crippen LogP contribution in [0.2, 0.25) is 0 Å². The van der Waals surface area contributed by atoms with Gasteiger partial charge in [-0.1, -0.05) is 32.0 Å². The summed E-state index contributed by atoms with van der Waals surface area (Å²) in [6.07, 6.45) is 1.44. The van der Waals surface area contributed by atoms with Gasteiger partial charge in [-0.25, -0.2) is 0 Å².